The molecule has 0 amide bonds. The van der Waals surface area contributed by atoms with Crippen molar-refractivity contribution in [1.29, 1.82) is 5.26 Å². The maximum absolute atomic E-state index is 8.65. The molecule has 0 atom stereocenters. The van der Waals surface area contributed by atoms with E-state index < -0.39 is 0 Å². The van der Waals surface area contributed by atoms with Gasteiger partial charge in [0.1, 0.15) is 5.75 Å². The van der Waals surface area contributed by atoms with Crippen LogP contribution in [0.2, 0.25) is 0 Å². The normalized spacial score (nSPS) is 9.29. The Balaban J connectivity index is 3.08. The summed E-state index contributed by atoms with van der Waals surface area (Å²) in [6.45, 7) is 0. The molecule has 0 heterocycles. The third kappa shape index (κ3) is 2.17. The fourth-order valence-electron chi connectivity index (χ4n) is 1.27. The highest BCUT2D eigenvalue weighted by Crippen LogP contribution is 2.24. The molecule has 14 heavy (non-hydrogen) atoms. The van der Waals surface area contributed by atoms with E-state index >= 15 is 0 Å². The van der Waals surface area contributed by atoms with Crippen molar-refractivity contribution >= 4 is 5.69 Å². The summed E-state index contributed by atoms with van der Waals surface area (Å²) in [6, 6.07) is 7.96. The Hall–Kier alpha value is -1.69. The van der Waals surface area contributed by atoms with Crippen LogP contribution in [-0.2, 0) is 6.42 Å². The molecule has 0 aromatic heterocycles. The molecule has 1 rings (SSSR count). The van der Waals surface area contributed by atoms with Crippen molar-refractivity contribution in [1.82, 2.24) is 0 Å². The van der Waals surface area contributed by atoms with Gasteiger partial charge in [-0.05, 0) is 18.2 Å². The molecular weight excluding hydrogens is 176 g/mol. The zero-order chi connectivity index (χ0) is 10.6. The molecule has 1 aromatic carbocycles. The number of methoxy groups -OCH3 is 1. The average molecular weight is 190 g/mol. The van der Waals surface area contributed by atoms with Crippen LogP contribution in [-0.4, -0.2) is 21.2 Å². The molecule has 0 saturated carbocycles. The predicted molar refractivity (Wildman–Crippen MR) is 56.6 cm³/mol. The van der Waals surface area contributed by atoms with Gasteiger partial charge in [-0.1, -0.05) is 0 Å². The molecule has 0 radical (unpaired) electrons. The number of nitriles is 1. The molecule has 0 N–H and O–H groups in total. The van der Waals surface area contributed by atoms with Crippen molar-refractivity contribution in [2.45, 2.75) is 6.42 Å². The van der Waals surface area contributed by atoms with Gasteiger partial charge in [0.15, 0.2) is 0 Å². The topological polar surface area (TPSA) is 36.3 Å². The van der Waals surface area contributed by atoms with Gasteiger partial charge in [-0.2, -0.15) is 5.26 Å². The van der Waals surface area contributed by atoms with Crippen LogP contribution in [0.25, 0.3) is 0 Å². The summed E-state index contributed by atoms with van der Waals surface area (Å²) in [5.74, 6) is 0.775. The summed E-state index contributed by atoms with van der Waals surface area (Å²) in [5, 5.41) is 8.65. The number of rotatable bonds is 3. The number of ether oxygens (including phenoxy) is 1. The van der Waals surface area contributed by atoms with Crippen LogP contribution in [0.5, 0.6) is 5.75 Å². The molecule has 3 nitrogen and oxygen atoms in total. The lowest BCUT2D eigenvalue weighted by Crippen LogP contribution is -2.09. The molecular formula is C11H14N2O. The van der Waals surface area contributed by atoms with E-state index in [1.807, 2.05) is 37.2 Å². The third-order valence-electron chi connectivity index (χ3n) is 2.05. The highest BCUT2D eigenvalue weighted by atomic mass is 16.5. The fraction of sp³-hybridized carbons (Fsp3) is 0.364. The van der Waals surface area contributed by atoms with Gasteiger partial charge in [0.2, 0.25) is 0 Å². The first-order valence-corrected chi connectivity index (χ1v) is 4.40. The zero-order valence-electron chi connectivity index (χ0n) is 8.74. The van der Waals surface area contributed by atoms with Crippen LogP contribution in [0.1, 0.15) is 5.56 Å². The molecule has 74 valence electrons. The van der Waals surface area contributed by atoms with Crippen molar-refractivity contribution in [3.05, 3.63) is 23.8 Å². The maximum atomic E-state index is 8.65. The highest BCUT2D eigenvalue weighted by Gasteiger charge is 2.04. The molecule has 0 bridgehead atoms. The van der Waals surface area contributed by atoms with Crippen LogP contribution in [0.3, 0.4) is 0 Å². The smallest absolute Gasteiger partial charge is 0.123 e. The quantitative estimate of drug-likeness (QED) is 0.729. The van der Waals surface area contributed by atoms with Gasteiger partial charge in [-0.3, -0.25) is 0 Å². The van der Waals surface area contributed by atoms with Gasteiger partial charge in [0.05, 0.1) is 19.6 Å². The first-order valence-electron chi connectivity index (χ1n) is 4.40. The second-order valence-corrected chi connectivity index (χ2v) is 3.23. The van der Waals surface area contributed by atoms with E-state index in [9.17, 15) is 0 Å². The molecule has 1 aromatic rings. The molecule has 0 saturated heterocycles. The van der Waals surface area contributed by atoms with Crippen LogP contribution < -0.4 is 9.64 Å². The van der Waals surface area contributed by atoms with Crippen molar-refractivity contribution < 1.29 is 4.74 Å². The molecule has 0 aliphatic carbocycles. The summed E-state index contributed by atoms with van der Waals surface area (Å²) in [5.41, 5.74) is 2.01. The van der Waals surface area contributed by atoms with Crippen LogP contribution in [0, 0.1) is 11.3 Å². The van der Waals surface area contributed by atoms with Gasteiger partial charge < -0.3 is 9.64 Å². The average Bonchev–Trinajstić information content (AvgIpc) is 2.18. The molecule has 0 aliphatic heterocycles. The maximum Gasteiger partial charge on any atom is 0.123 e. The first-order chi connectivity index (χ1) is 6.69. The van der Waals surface area contributed by atoms with Crippen LogP contribution >= 0.6 is 0 Å². The van der Waals surface area contributed by atoms with Crippen LogP contribution in [0.4, 0.5) is 5.69 Å². The zero-order valence-corrected chi connectivity index (χ0v) is 8.74. The van der Waals surface area contributed by atoms with E-state index in [1.54, 1.807) is 7.11 Å². The van der Waals surface area contributed by atoms with Gasteiger partial charge >= 0.3 is 0 Å². The summed E-state index contributed by atoms with van der Waals surface area (Å²) in [6.07, 6.45) is 0.380. The molecule has 0 aliphatic rings. The Labute approximate surface area is 84.5 Å². The second-order valence-electron chi connectivity index (χ2n) is 3.23. The highest BCUT2D eigenvalue weighted by molar-refractivity contribution is 5.52. The summed E-state index contributed by atoms with van der Waals surface area (Å²) < 4.78 is 5.16. The van der Waals surface area contributed by atoms with Gasteiger partial charge in [0.25, 0.3) is 0 Å². The minimum atomic E-state index is 0.380. The molecule has 0 fully saturated rings. The van der Waals surface area contributed by atoms with E-state index in [2.05, 4.69) is 6.07 Å². The van der Waals surface area contributed by atoms with E-state index in [4.69, 9.17) is 10.00 Å². The lowest BCUT2D eigenvalue weighted by atomic mass is 10.1. The van der Waals surface area contributed by atoms with Crippen molar-refractivity contribution in [2.75, 3.05) is 26.1 Å². The monoisotopic (exact) mass is 190 g/mol. The van der Waals surface area contributed by atoms with Crippen molar-refractivity contribution in [3.63, 3.8) is 0 Å². The Morgan fingerprint density at radius 1 is 1.43 bits per heavy atom. The number of benzene rings is 1. The number of hydrogen-bond acceptors (Lipinski definition) is 3. The predicted octanol–water partition coefficient (Wildman–Crippen LogP) is 1.83. The van der Waals surface area contributed by atoms with E-state index in [0.29, 0.717) is 6.42 Å². The Morgan fingerprint density at radius 3 is 2.64 bits per heavy atom. The Kier molecular flexibility index (Phi) is 3.35. The molecule has 3 heteroatoms. The minimum absolute atomic E-state index is 0.380. The fourth-order valence-corrected chi connectivity index (χ4v) is 1.27. The first kappa shape index (κ1) is 10.4. The lowest BCUT2D eigenvalue weighted by Gasteiger charge is -2.14. The van der Waals surface area contributed by atoms with Gasteiger partial charge in [-0.15, -0.1) is 0 Å². The summed E-state index contributed by atoms with van der Waals surface area (Å²) in [4.78, 5) is 2.00. The lowest BCUT2D eigenvalue weighted by molar-refractivity contribution is 0.411. The SMILES string of the molecule is COc1ccc(N(C)C)cc1CC#N. The van der Waals surface area contributed by atoms with Crippen molar-refractivity contribution in [3.8, 4) is 11.8 Å². The summed E-state index contributed by atoms with van der Waals surface area (Å²) >= 11 is 0. The Morgan fingerprint density at radius 2 is 2.14 bits per heavy atom. The van der Waals surface area contributed by atoms with E-state index in [0.717, 1.165) is 17.0 Å². The number of nitrogens with zero attached hydrogens (tertiary/aromatic N) is 2. The third-order valence-corrected chi connectivity index (χ3v) is 2.05. The van der Waals surface area contributed by atoms with E-state index in [1.165, 1.54) is 0 Å². The largest absolute Gasteiger partial charge is 0.496 e. The second kappa shape index (κ2) is 4.52. The molecule has 0 spiro atoms. The number of anilines is 1. The molecule has 0 unspecified atom stereocenters. The standard InChI is InChI=1S/C11H14N2O/c1-13(2)10-4-5-11(14-3)9(8-10)6-7-12/h4-5,8H,6H2,1-3H3. The Bertz CT molecular complexity index is 353. The van der Waals surface area contributed by atoms with Gasteiger partial charge in [0, 0.05) is 25.3 Å². The van der Waals surface area contributed by atoms with E-state index in [-0.39, 0.29) is 0 Å². The minimum Gasteiger partial charge on any atom is -0.496 e. The van der Waals surface area contributed by atoms with Crippen LogP contribution in [0.15, 0.2) is 18.2 Å². The van der Waals surface area contributed by atoms with Crippen molar-refractivity contribution in [2.24, 2.45) is 0 Å². The van der Waals surface area contributed by atoms with Gasteiger partial charge in [-0.25, -0.2) is 0 Å². The number of hydrogen-bond donors (Lipinski definition) is 0. The summed E-state index contributed by atoms with van der Waals surface area (Å²) in [7, 11) is 5.56.